The first-order valence-corrected chi connectivity index (χ1v) is 11.0. The highest BCUT2D eigenvalue weighted by Crippen LogP contribution is 2.39. The average Bonchev–Trinajstić information content (AvgIpc) is 3.07. The van der Waals surface area contributed by atoms with Crippen molar-refractivity contribution in [1.82, 2.24) is 0 Å². The van der Waals surface area contributed by atoms with Crippen LogP contribution in [0.15, 0.2) is 24.3 Å². The molecule has 1 unspecified atom stereocenters. The largest absolute Gasteiger partial charge is 0.494 e. The summed E-state index contributed by atoms with van der Waals surface area (Å²) in [6, 6.07) is 4.90. The Bertz CT molecular complexity index is 690. The third-order valence-corrected chi connectivity index (χ3v) is 6.16. The molecule has 0 spiro atoms. The van der Waals surface area contributed by atoms with Gasteiger partial charge in [0, 0.05) is 12.0 Å². The first-order valence-electron chi connectivity index (χ1n) is 11.0. The highest BCUT2D eigenvalue weighted by Gasteiger charge is 2.34. The number of rotatable bonds is 13. The summed E-state index contributed by atoms with van der Waals surface area (Å²) in [6.07, 6.45) is 10.2. The lowest BCUT2D eigenvalue weighted by molar-refractivity contribution is -0.137. The van der Waals surface area contributed by atoms with E-state index in [1.807, 2.05) is 0 Å². The molecule has 2 rings (SSSR count). The van der Waals surface area contributed by atoms with Crippen molar-refractivity contribution >= 4 is 12.0 Å². The average molecular weight is 423 g/mol. The van der Waals surface area contributed by atoms with Gasteiger partial charge in [-0.25, -0.2) is 4.39 Å². The van der Waals surface area contributed by atoms with Crippen molar-refractivity contribution in [1.29, 1.82) is 0 Å². The van der Waals surface area contributed by atoms with Crippen molar-refractivity contribution in [2.75, 3.05) is 7.11 Å². The summed E-state index contributed by atoms with van der Waals surface area (Å²) >= 11 is 0. The molecule has 3 N–H and O–H groups in total. The summed E-state index contributed by atoms with van der Waals surface area (Å²) in [5, 5.41) is 29.3. The molecule has 4 atom stereocenters. The minimum absolute atomic E-state index is 0.178. The van der Waals surface area contributed by atoms with Crippen molar-refractivity contribution in [2.24, 2.45) is 11.8 Å². The van der Waals surface area contributed by atoms with Crippen molar-refractivity contribution < 1.29 is 29.2 Å². The zero-order valence-corrected chi connectivity index (χ0v) is 17.8. The minimum Gasteiger partial charge on any atom is -0.494 e. The van der Waals surface area contributed by atoms with Crippen LogP contribution in [0.1, 0.15) is 69.8 Å². The molecular formula is C24H35FO5. The number of hydrogen-bond acceptors (Lipinski definition) is 4. The number of benzene rings is 1. The summed E-state index contributed by atoms with van der Waals surface area (Å²) in [4.78, 5) is 10.5. The second kappa shape index (κ2) is 12.7. The zero-order chi connectivity index (χ0) is 21.9. The molecule has 1 aromatic rings. The molecule has 0 saturated heterocycles. The van der Waals surface area contributed by atoms with Gasteiger partial charge in [-0.1, -0.05) is 43.5 Å². The number of carbonyl (C=O) groups is 1. The number of hydrogen-bond donors (Lipinski definition) is 3. The van der Waals surface area contributed by atoms with Crippen molar-refractivity contribution in [3.63, 3.8) is 0 Å². The molecule has 30 heavy (non-hydrogen) atoms. The van der Waals surface area contributed by atoms with Gasteiger partial charge < -0.3 is 20.1 Å². The molecule has 0 bridgehead atoms. The maximum atomic E-state index is 14.2. The fraction of sp³-hybridized carbons (Fsp3) is 0.625. The van der Waals surface area contributed by atoms with Crippen molar-refractivity contribution in [3.8, 4) is 5.75 Å². The molecule has 1 fully saturated rings. The van der Waals surface area contributed by atoms with Gasteiger partial charge in [0.1, 0.15) is 0 Å². The number of halogens is 1. The summed E-state index contributed by atoms with van der Waals surface area (Å²) in [5.41, 5.74) is 0.380. The van der Waals surface area contributed by atoms with Gasteiger partial charge in [-0.2, -0.15) is 0 Å². The van der Waals surface area contributed by atoms with Gasteiger partial charge in [-0.3, -0.25) is 4.79 Å². The molecule has 0 aromatic heterocycles. The van der Waals surface area contributed by atoms with Crippen molar-refractivity contribution in [3.05, 3.63) is 35.7 Å². The van der Waals surface area contributed by atoms with Crippen LogP contribution in [0.3, 0.4) is 0 Å². The van der Waals surface area contributed by atoms with Gasteiger partial charge in [0.2, 0.25) is 0 Å². The van der Waals surface area contributed by atoms with Crippen LogP contribution in [0.2, 0.25) is 0 Å². The maximum Gasteiger partial charge on any atom is 0.303 e. The quantitative estimate of drug-likeness (QED) is 0.398. The number of unbranched alkanes of at least 4 members (excludes halogenated alkanes) is 3. The van der Waals surface area contributed by atoms with Crippen LogP contribution in [0, 0.1) is 17.7 Å². The van der Waals surface area contributed by atoms with Gasteiger partial charge in [0.25, 0.3) is 0 Å². The minimum atomic E-state index is -0.747. The molecule has 0 radical (unpaired) electrons. The lowest BCUT2D eigenvalue weighted by Crippen LogP contribution is -2.20. The summed E-state index contributed by atoms with van der Waals surface area (Å²) in [7, 11) is 1.42. The topological polar surface area (TPSA) is 87.0 Å². The van der Waals surface area contributed by atoms with Gasteiger partial charge >= 0.3 is 5.97 Å². The van der Waals surface area contributed by atoms with E-state index in [2.05, 4.69) is 0 Å². The lowest BCUT2D eigenvalue weighted by Gasteiger charge is -2.22. The van der Waals surface area contributed by atoms with Gasteiger partial charge in [-0.05, 0) is 56.4 Å². The second-order valence-electron chi connectivity index (χ2n) is 8.28. The fourth-order valence-electron chi connectivity index (χ4n) is 4.43. The van der Waals surface area contributed by atoms with Gasteiger partial charge in [-0.15, -0.1) is 0 Å². The van der Waals surface area contributed by atoms with E-state index in [0.29, 0.717) is 24.3 Å². The van der Waals surface area contributed by atoms with Crippen molar-refractivity contribution in [2.45, 2.75) is 76.4 Å². The Balaban J connectivity index is 1.75. The summed E-state index contributed by atoms with van der Waals surface area (Å²) < 4.78 is 19.1. The van der Waals surface area contributed by atoms with Crippen LogP contribution in [0.5, 0.6) is 5.75 Å². The standard InChI is InChI=1S/C24H35FO5/c1-30-22-9-6-7-18(24(22)25)12-15-19(26)14-11-17-13-16-21(27)20(17)8-4-2-3-5-10-23(28)29/h6-7,9,12,15,17,19-21,26-27H,2-5,8,10-11,13-14,16H2,1H3,(H,28,29)/b15-12+/t17-,19?,20+,21-/m0/s1. The molecule has 168 valence electrons. The first kappa shape index (κ1) is 24.4. The van der Waals surface area contributed by atoms with Crippen LogP contribution < -0.4 is 4.74 Å². The third-order valence-electron chi connectivity index (χ3n) is 6.16. The number of aliphatic hydroxyl groups excluding tert-OH is 2. The Morgan fingerprint density at radius 3 is 2.73 bits per heavy atom. The van der Waals surface area contributed by atoms with E-state index in [4.69, 9.17) is 9.84 Å². The van der Waals surface area contributed by atoms with E-state index < -0.39 is 17.9 Å². The molecule has 6 heteroatoms. The fourth-order valence-corrected chi connectivity index (χ4v) is 4.43. The van der Waals surface area contributed by atoms with E-state index >= 15 is 0 Å². The summed E-state index contributed by atoms with van der Waals surface area (Å²) in [5.74, 6) is -0.377. The van der Waals surface area contributed by atoms with E-state index in [9.17, 15) is 19.4 Å². The van der Waals surface area contributed by atoms with E-state index in [0.717, 1.165) is 44.9 Å². The first-order chi connectivity index (χ1) is 14.4. The highest BCUT2D eigenvalue weighted by molar-refractivity contribution is 5.66. The molecular weight excluding hydrogens is 387 g/mol. The van der Waals surface area contributed by atoms with E-state index in [-0.39, 0.29) is 24.2 Å². The second-order valence-corrected chi connectivity index (χ2v) is 8.28. The Morgan fingerprint density at radius 1 is 1.23 bits per heavy atom. The number of methoxy groups -OCH3 is 1. The normalized spacial score (nSPS) is 22.5. The Kier molecular flexibility index (Phi) is 10.3. The molecule has 0 heterocycles. The highest BCUT2D eigenvalue weighted by atomic mass is 19.1. The van der Waals surface area contributed by atoms with Crippen LogP contribution in [-0.4, -0.2) is 40.6 Å². The van der Waals surface area contributed by atoms with E-state index in [1.165, 1.54) is 7.11 Å². The molecule has 0 amide bonds. The monoisotopic (exact) mass is 422 g/mol. The van der Waals surface area contributed by atoms with E-state index in [1.54, 1.807) is 30.4 Å². The van der Waals surface area contributed by atoms with Crippen LogP contribution in [-0.2, 0) is 4.79 Å². The summed E-state index contributed by atoms with van der Waals surface area (Å²) in [6.45, 7) is 0. The molecule has 1 aliphatic carbocycles. The number of carboxylic acids is 1. The number of carboxylic acid groups (broad SMARTS) is 1. The van der Waals surface area contributed by atoms with Crippen LogP contribution in [0.4, 0.5) is 4.39 Å². The number of ether oxygens (including phenoxy) is 1. The zero-order valence-electron chi connectivity index (χ0n) is 17.8. The SMILES string of the molecule is COc1cccc(/C=C/C(O)CC[C@H]2CC[C@H](O)[C@@H]2CCCCCCC(=O)O)c1F. The predicted octanol–water partition coefficient (Wildman–Crippen LogP) is 4.80. The smallest absolute Gasteiger partial charge is 0.303 e. The Morgan fingerprint density at radius 2 is 2.00 bits per heavy atom. The molecule has 1 aromatic carbocycles. The van der Waals surface area contributed by atoms with Gasteiger partial charge in [0.15, 0.2) is 11.6 Å². The molecule has 1 saturated carbocycles. The number of aliphatic hydroxyl groups is 2. The number of aliphatic carboxylic acids is 1. The van der Waals surface area contributed by atoms with Crippen LogP contribution in [0.25, 0.3) is 6.08 Å². The molecule has 5 nitrogen and oxygen atoms in total. The van der Waals surface area contributed by atoms with Gasteiger partial charge in [0.05, 0.1) is 19.3 Å². The Labute approximate surface area is 178 Å². The Hall–Kier alpha value is -1.92. The molecule has 0 aliphatic heterocycles. The lowest BCUT2D eigenvalue weighted by atomic mass is 9.85. The predicted molar refractivity (Wildman–Crippen MR) is 115 cm³/mol. The third kappa shape index (κ3) is 7.73. The maximum absolute atomic E-state index is 14.2. The van der Waals surface area contributed by atoms with Crippen LogP contribution >= 0.6 is 0 Å². The molecule has 1 aliphatic rings.